The molecule has 5 nitrogen and oxygen atoms in total. The first kappa shape index (κ1) is 10.2. The van der Waals surface area contributed by atoms with Crippen molar-refractivity contribution in [2.45, 2.75) is 6.92 Å². The molecule has 0 aliphatic rings. The predicted octanol–water partition coefficient (Wildman–Crippen LogP) is 3.09. The van der Waals surface area contributed by atoms with Crippen LogP contribution in [0.4, 0.5) is 5.69 Å². The standard InChI is InChI=1S/C11H9N2O3/c1-2-15-11(14)10-6-7-5-8(13-12)3-4-9(7)16-10/h3-6H,2H2,1H3/q+1. The van der Waals surface area contributed by atoms with E-state index in [1.807, 2.05) is 0 Å². The van der Waals surface area contributed by atoms with Gasteiger partial charge in [-0.25, -0.2) is 4.79 Å². The number of ether oxygens (including phenoxy) is 1. The van der Waals surface area contributed by atoms with Gasteiger partial charge in [-0.3, -0.25) is 0 Å². The van der Waals surface area contributed by atoms with E-state index in [4.69, 9.17) is 14.5 Å². The number of rotatable bonds is 2. The molecule has 1 aromatic heterocycles. The summed E-state index contributed by atoms with van der Waals surface area (Å²) in [5, 5.41) is 9.29. The van der Waals surface area contributed by atoms with Crippen LogP contribution in [0.2, 0.25) is 0 Å². The molecule has 0 saturated carbocycles. The van der Waals surface area contributed by atoms with Crippen LogP contribution in [0, 0.1) is 5.39 Å². The van der Waals surface area contributed by atoms with Crippen molar-refractivity contribution in [3.8, 4) is 0 Å². The fourth-order valence-electron chi connectivity index (χ4n) is 1.40. The molecular weight excluding hydrogens is 208 g/mol. The molecule has 0 aliphatic heterocycles. The van der Waals surface area contributed by atoms with E-state index in [0.717, 1.165) is 0 Å². The summed E-state index contributed by atoms with van der Waals surface area (Å²) in [6.45, 7) is 2.02. The van der Waals surface area contributed by atoms with Crippen molar-refractivity contribution in [1.29, 1.82) is 5.39 Å². The molecule has 0 amide bonds. The van der Waals surface area contributed by atoms with Crippen LogP contribution in [0.3, 0.4) is 0 Å². The average molecular weight is 217 g/mol. The molecular formula is C11H9N2O3+. The quantitative estimate of drug-likeness (QED) is 0.572. The second kappa shape index (κ2) is 4.03. The van der Waals surface area contributed by atoms with E-state index in [9.17, 15) is 4.79 Å². The van der Waals surface area contributed by atoms with Crippen LogP contribution in [0.15, 0.2) is 28.7 Å². The van der Waals surface area contributed by atoms with Crippen molar-refractivity contribution in [1.82, 2.24) is 0 Å². The Morgan fingerprint density at radius 3 is 3.00 bits per heavy atom. The molecule has 1 aromatic carbocycles. The number of carbonyl (C=O) groups is 1. The predicted molar refractivity (Wildman–Crippen MR) is 56.9 cm³/mol. The van der Waals surface area contributed by atoms with Gasteiger partial charge in [0.1, 0.15) is 5.58 Å². The van der Waals surface area contributed by atoms with E-state index in [2.05, 4.69) is 4.98 Å². The van der Waals surface area contributed by atoms with Crippen LogP contribution in [-0.4, -0.2) is 12.6 Å². The first-order chi connectivity index (χ1) is 7.74. The molecule has 16 heavy (non-hydrogen) atoms. The van der Waals surface area contributed by atoms with Crippen molar-refractivity contribution < 1.29 is 13.9 Å². The smallest absolute Gasteiger partial charge is 0.385 e. The number of furan rings is 1. The highest BCUT2D eigenvalue weighted by atomic mass is 16.5. The Bertz CT molecular complexity index is 580. The Morgan fingerprint density at radius 1 is 1.50 bits per heavy atom. The van der Waals surface area contributed by atoms with Crippen molar-refractivity contribution in [2.75, 3.05) is 6.61 Å². The van der Waals surface area contributed by atoms with Gasteiger partial charge >= 0.3 is 11.7 Å². The van der Waals surface area contributed by atoms with E-state index in [-0.39, 0.29) is 5.76 Å². The lowest BCUT2D eigenvalue weighted by atomic mass is 10.2. The third kappa shape index (κ3) is 1.73. The Hall–Kier alpha value is -2.35. The summed E-state index contributed by atoms with van der Waals surface area (Å²) in [6, 6.07) is 6.39. The van der Waals surface area contributed by atoms with Crippen LogP contribution >= 0.6 is 0 Å². The molecule has 0 unspecified atom stereocenters. The van der Waals surface area contributed by atoms with Crippen LogP contribution in [0.1, 0.15) is 17.5 Å². The first-order valence-corrected chi connectivity index (χ1v) is 4.80. The summed E-state index contributed by atoms with van der Waals surface area (Å²) in [5.74, 6) is -0.354. The molecule has 0 radical (unpaired) electrons. The molecule has 5 heteroatoms. The second-order valence-electron chi connectivity index (χ2n) is 3.15. The third-order valence-electron chi connectivity index (χ3n) is 2.09. The summed E-state index contributed by atoms with van der Waals surface area (Å²) in [5.41, 5.74) is 0.958. The van der Waals surface area contributed by atoms with E-state index >= 15 is 0 Å². The SMILES string of the molecule is CCOC(=O)c1cc2cc([N+]#N)ccc2o1. The molecule has 0 N–H and O–H groups in total. The van der Waals surface area contributed by atoms with E-state index in [0.29, 0.717) is 23.3 Å². The van der Waals surface area contributed by atoms with Crippen LogP contribution in [0.5, 0.6) is 0 Å². The molecule has 0 atom stereocenters. The minimum Gasteiger partial charge on any atom is -0.460 e. The van der Waals surface area contributed by atoms with E-state index in [1.54, 1.807) is 31.2 Å². The molecule has 2 rings (SSSR count). The van der Waals surface area contributed by atoms with Gasteiger partial charge in [-0.15, -0.1) is 0 Å². The summed E-state index contributed by atoms with van der Waals surface area (Å²) in [4.78, 5) is 14.4. The highest BCUT2D eigenvalue weighted by Gasteiger charge is 2.15. The molecule has 2 aromatic rings. The van der Waals surface area contributed by atoms with Crippen molar-refractivity contribution in [3.63, 3.8) is 0 Å². The number of hydrogen-bond acceptors (Lipinski definition) is 4. The van der Waals surface area contributed by atoms with Crippen LogP contribution in [0.25, 0.3) is 15.9 Å². The van der Waals surface area contributed by atoms with Crippen molar-refractivity contribution >= 4 is 22.6 Å². The fourth-order valence-corrected chi connectivity index (χ4v) is 1.40. The second-order valence-corrected chi connectivity index (χ2v) is 3.15. The maximum atomic E-state index is 11.4. The molecule has 0 aliphatic carbocycles. The van der Waals surface area contributed by atoms with Gasteiger partial charge in [0.2, 0.25) is 11.2 Å². The van der Waals surface area contributed by atoms with E-state index in [1.165, 1.54) is 0 Å². The molecule has 0 saturated heterocycles. The number of esters is 1. The molecule has 0 spiro atoms. The highest BCUT2D eigenvalue weighted by Crippen LogP contribution is 2.24. The molecule has 0 bridgehead atoms. The maximum Gasteiger partial charge on any atom is 0.385 e. The number of fused-ring (bicyclic) bond motifs is 1. The van der Waals surface area contributed by atoms with Crippen molar-refractivity contribution in [3.05, 3.63) is 35.0 Å². The van der Waals surface area contributed by atoms with Crippen LogP contribution < -0.4 is 0 Å². The van der Waals surface area contributed by atoms with Crippen LogP contribution in [-0.2, 0) is 4.74 Å². The Balaban J connectivity index is 2.44. The Morgan fingerprint density at radius 2 is 2.31 bits per heavy atom. The maximum absolute atomic E-state index is 11.4. The number of carbonyl (C=O) groups excluding carboxylic acids is 1. The summed E-state index contributed by atoms with van der Waals surface area (Å²) >= 11 is 0. The zero-order valence-electron chi connectivity index (χ0n) is 8.64. The number of hydrogen-bond donors (Lipinski definition) is 0. The minimum atomic E-state index is -0.499. The molecule has 0 fully saturated rings. The topological polar surface area (TPSA) is 67.6 Å². The molecule has 80 valence electrons. The van der Waals surface area contributed by atoms with Gasteiger partial charge in [-0.2, -0.15) is 0 Å². The van der Waals surface area contributed by atoms with Gasteiger partial charge in [0.25, 0.3) is 0 Å². The first-order valence-electron chi connectivity index (χ1n) is 4.80. The lowest BCUT2D eigenvalue weighted by Gasteiger charge is -1.95. The third-order valence-corrected chi connectivity index (χ3v) is 2.09. The van der Waals surface area contributed by atoms with Gasteiger partial charge in [-0.1, -0.05) is 0 Å². The summed E-state index contributed by atoms with van der Waals surface area (Å²) in [6.07, 6.45) is 0. The van der Waals surface area contributed by atoms with Gasteiger partial charge in [0, 0.05) is 17.5 Å². The zero-order valence-corrected chi connectivity index (χ0v) is 8.64. The van der Waals surface area contributed by atoms with E-state index < -0.39 is 5.97 Å². The number of diazo groups is 1. The van der Waals surface area contributed by atoms with Gasteiger partial charge in [0.15, 0.2) is 4.98 Å². The normalized spacial score (nSPS) is 10.0. The summed E-state index contributed by atoms with van der Waals surface area (Å²) < 4.78 is 10.1. The lowest BCUT2D eigenvalue weighted by molar-refractivity contribution is 0.0492. The largest absolute Gasteiger partial charge is 0.460 e. The summed E-state index contributed by atoms with van der Waals surface area (Å²) in [7, 11) is 0. The Kier molecular flexibility index (Phi) is 2.56. The van der Waals surface area contributed by atoms with Gasteiger partial charge < -0.3 is 9.15 Å². The average Bonchev–Trinajstić information content (AvgIpc) is 2.71. The highest BCUT2D eigenvalue weighted by molar-refractivity contribution is 5.93. The van der Waals surface area contributed by atoms with Gasteiger partial charge in [-0.05, 0) is 19.1 Å². The number of nitrogens with zero attached hydrogens (tertiary/aromatic N) is 2. The number of benzene rings is 1. The lowest BCUT2D eigenvalue weighted by Crippen LogP contribution is -2.02. The molecule has 1 heterocycles. The minimum absolute atomic E-state index is 0.145. The monoisotopic (exact) mass is 217 g/mol. The fraction of sp³-hybridized carbons (Fsp3) is 0.182. The van der Waals surface area contributed by atoms with Crippen molar-refractivity contribution in [2.24, 2.45) is 0 Å². The Labute approximate surface area is 91.2 Å². The van der Waals surface area contributed by atoms with Gasteiger partial charge in [0.05, 0.1) is 6.61 Å². The zero-order chi connectivity index (χ0) is 11.5.